The molecule has 0 aliphatic carbocycles. The Bertz CT molecular complexity index is 723. The van der Waals surface area contributed by atoms with Crippen LogP contribution < -0.4 is 5.32 Å². The molecule has 1 aromatic carbocycles. The summed E-state index contributed by atoms with van der Waals surface area (Å²) in [6.45, 7) is 1.47. The molecule has 6 heteroatoms. The standard InChI is InChI=1S/C16H14N2O4/c1-10(19)11-6-8-12(9-7-11)17-15(20)13-4-3-5-14(18-13)16(21)22-2/h3-9H,1-2H3,(H,17,20). The van der Waals surface area contributed by atoms with Crippen molar-refractivity contribution in [2.45, 2.75) is 6.92 Å². The number of anilines is 1. The van der Waals surface area contributed by atoms with Crippen LogP contribution in [0.15, 0.2) is 42.5 Å². The minimum atomic E-state index is -0.611. The summed E-state index contributed by atoms with van der Waals surface area (Å²) in [4.78, 5) is 38.6. The number of pyridine rings is 1. The van der Waals surface area contributed by atoms with Crippen LogP contribution >= 0.6 is 0 Å². The molecule has 22 heavy (non-hydrogen) atoms. The Morgan fingerprint density at radius 3 is 2.23 bits per heavy atom. The zero-order chi connectivity index (χ0) is 16.1. The second-order valence-corrected chi connectivity index (χ2v) is 4.49. The van der Waals surface area contributed by atoms with Crippen molar-refractivity contribution in [3.63, 3.8) is 0 Å². The number of nitrogens with one attached hydrogen (secondary N) is 1. The number of benzene rings is 1. The fourth-order valence-electron chi connectivity index (χ4n) is 1.76. The number of aromatic nitrogens is 1. The average Bonchev–Trinajstić information content (AvgIpc) is 2.54. The summed E-state index contributed by atoms with van der Waals surface area (Å²) in [5.41, 5.74) is 1.24. The van der Waals surface area contributed by atoms with Crippen LogP contribution in [0.25, 0.3) is 0 Å². The maximum Gasteiger partial charge on any atom is 0.356 e. The van der Waals surface area contributed by atoms with Gasteiger partial charge in [0.1, 0.15) is 11.4 Å². The molecule has 0 aliphatic heterocycles. The number of carbonyl (C=O) groups is 3. The first-order valence-corrected chi connectivity index (χ1v) is 6.49. The normalized spacial score (nSPS) is 9.91. The molecular formula is C16H14N2O4. The third-order valence-corrected chi connectivity index (χ3v) is 2.93. The smallest absolute Gasteiger partial charge is 0.356 e. The first kappa shape index (κ1) is 15.4. The zero-order valence-electron chi connectivity index (χ0n) is 12.1. The number of nitrogens with zero attached hydrogens (tertiary/aromatic N) is 1. The third-order valence-electron chi connectivity index (χ3n) is 2.93. The van der Waals surface area contributed by atoms with E-state index >= 15 is 0 Å². The van der Waals surface area contributed by atoms with Crippen LogP contribution in [0.1, 0.15) is 38.3 Å². The van der Waals surface area contributed by atoms with Crippen LogP contribution in [0.2, 0.25) is 0 Å². The van der Waals surface area contributed by atoms with Crippen LogP contribution in [0.3, 0.4) is 0 Å². The zero-order valence-corrected chi connectivity index (χ0v) is 12.1. The molecule has 1 heterocycles. The van der Waals surface area contributed by atoms with Crippen LogP contribution in [-0.2, 0) is 4.74 Å². The van der Waals surface area contributed by atoms with Gasteiger partial charge in [-0.1, -0.05) is 6.07 Å². The lowest BCUT2D eigenvalue weighted by atomic mass is 10.1. The average molecular weight is 298 g/mol. The van der Waals surface area contributed by atoms with Crippen molar-refractivity contribution in [2.75, 3.05) is 12.4 Å². The van der Waals surface area contributed by atoms with Gasteiger partial charge in [0.05, 0.1) is 7.11 Å². The Balaban J connectivity index is 2.15. The number of rotatable bonds is 4. The SMILES string of the molecule is COC(=O)c1cccc(C(=O)Nc2ccc(C(C)=O)cc2)n1. The van der Waals surface area contributed by atoms with Crippen molar-refractivity contribution in [3.8, 4) is 0 Å². The monoisotopic (exact) mass is 298 g/mol. The van der Waals surface area contributed by atoms with Crippen molar-refractivity contribution in [1.29, 1.82) is 0 Å². The first-order valence-electron chi connectivity index (χ1n) is 6.49. The fraction of sp³-hybridized carbons (Fsp3) is 0.125. The van der Waals surface area contributed by atoms with Crippen LogP contribution in [-0.4, -0.2) is 29.8 Å². The highest BCUT2D eigenvalue weighted by atomic mass is 16.5. The molecule has 0 aliphatic rings. The molecule has 0 bridgehead atoms. The number of ether oxygens (including phenoxy) is 1. The number of esters is 1. The summed E-state index contributed by atoms with van der Waals surface area (Å²) in [7, 11) is 1.24. The Morgan fingerprint density at radius 2 is 1.64 bits per heavy atom. The van der Waals surface area contributed by atoms with Gasteiger partial charge in [-0.15, -0.1) is 0 Å². The van der Waals surface area contributed by atoms with E-state index in [1.54, 1.807) is 30.3 Å². The second kappa shape index (κ2) is 6.62. The number of methoxy groups -OCH3 is 1. The van der Waals surface area contributed by atoms with E-state index in [0.717, 1.165) is 0 Å². The van der Waals surface area contributed by atoms with Crippen molar-refractivity contribution >= 4 is 23.3 Å². The van der Waals surface area contributed by atoms with Crippen LogP contribution in [0.5, 0.6) is 0 Å². The van der Waals surface area contributed by atoms with E-state index in [1.807, 2.05) is 0 Å². The summed E-state index contributed by atoms with van der Waals surface area (Å²) in [5.74, 6) is -1.12. The Kier molecular flexibility index (Phi) is 4.63. The molecule has 1 amide bonds. The molecule has 112 valence electrons. The molecule has 1 N–H and O–H groups in total. The van der Waals surface area contributed by atoms with Crippen molar-refractivity contribution in [2.24, 2.45) is 0 Å². The Morgan fingerprint density at radius 1 is 1.00 bits per heavy atom. The van der Waals surface area contributed by atoms with E-state index < -0.39 is 11.9 Å². The van der Waals surface area contributed by atoms with Crippen LogP contribution in [0, 0.1) is 0 Å². The predicted molar refractivity (Wildman–Crippen MR) is 80.0 cm³/mol. The fourth-order valence-corrected chi connectivity index (χ4v) is 1.76. The number of hydrogen-bond acceptors (Lipinski definition) is 5. The molecule has 0 radical (unpaired) electrons. The lowest BCUT2D eigenvalue weighted by molar-refractivity contribution is 0.0594. The van der Waals surface area contributed by atoms with Gasteiger partial charge in [-0.2, -0.15) is 0 Å². The highest BCUT2D eigenvalue weighted by molar-refractivity contribution is 6.04. The molecule has 0 atom stereocenters. The van der Waals surface area contributed by atoms with E-state index in [1.165, 1.54) is 26.2 Å². The topological polar surface area (TPSA) is 85.4 Å². The number of hydrogen-bond donors (Lipinski definition) is 1. The van der Waals surface area contributed by atoms with Gasteiger partial charge in [-0.25, -0.2) is 9.78 Å². The molecular weight excluding hydrogens is 284 g/mol. The van der Waals surface area contributed by atoms with E-state index in [-0.39, 0.29) is 17.2 Å². The molecule has 0 saturated carbocycles. The Hall–Kier alpha value is -3.02. The lowest BCUT2D eigenvalue weighted by Gasteiger charge is -2.06. The van der Waals surface area contributed by atoms with Crippen molar-refractivity contribution < 1.29 is 19.1 Å². The summed E-state index contributed by atoms with van der Waals surface area (Å²) >= 11 is 0. The number of amides is 1. The predicted octanol–water partition coefficient (Wildman–Crippen LogP) is 2.32. The van der Waals surface area contributed by atoms with E-state index in [0.29, 0.717) is 11.3 Å². The number of carbonyl (C=O) groups excluding carboxylic acids is 3. The van der Waals surface area contributed by atoms with Gasteiger partial charge in [-0.3, -0.25) is 9.59 Å². The maximum atomic E-state index is 12.1. The van der Waals surface area contributed by atoms with Crippen molar-refractivity contribution in [3.05, 3.63) is 59.4 Å². The molecule has 2 rings (SSSR count). The molecule has 0 spiro atoms. The summed E-state index contributed by atoms with van der Waals surface area (Å²) in [6.07, 6.45) is 0. The van der Waals surface area contributed by atoms with Gasteiger partial charge >= 0.3 is 5.97 Å². The highest BCUT2D eigenvalue weighted by Gasteiger charge is 2.12. The minimum Gasteiger partial charge on any atom is -0.464 e. The Labute approximate surface area is 127 Å². The quantitative estimate of drug-likeness (QED) is 0.691. The van der Waals surface area contributed by atoms with E-state index in [4.69, 9.17) is 0 Å². The molecule has 2 aromatic rings. The summed E-state index contributed by atoms with van der Waals surface area (Å²) < 4.78 is 4.56. The van der Waals surface area contributed by atoms with Crippen molar-refractivity contribution in [1.82, 2.24) is 4.98 Å². The number of Topliss-reactive ketones (excluding diaryl/α,β-unsaturated/α-hetero) is 1. The molecule has 0 unspecified atom stereocenters. The van der Waals surface area contributed by atoms with E-state index in [2.05, 4.69) is 15.0 Å². The minimum absolute atomic E-state index is 0.0506. The van der Waals surface area contributed by atoms with Gasteiger partial charge in [0.2, 0.25) is 0 Å². The van der Waals surface area contributed by atoms with Gasteiger partial charge in [0.15, 0.2) is 5.78 Å². The molecule has 6 nitrogen and oxygen atoms in total. The molecule has 1 aromatic heterocycles. The molecule has 0 fully saturated rings. The number of ketones is 1. The largest absolute Gasteiger partial charge is 0.464 e. The van der Waals surface area contributed by atoms with Gasteiger partial charge < -0.3 is 10.1 Å². The lowest BCUT2D eigenvalue weighted by Crippen LogP contribution is -2.16. The van der Waals surface area contributed by atoms with Gasteiger partial charge in [-0.05, 0) is 43.3 Å². The summed E-state index contributed by atoms with van der Waals surface area (Å²) in [6, 6.07) is 11.0. The van der Waals surface area contributed by atoms with E-state index in [9.17, 15) is 14.4 Å². The highest BCUT2D eigenvalue weighted by Crippen LogP contribution is 2.11. The van der Waals surface area contributed by atoms with Gasteiger partial charge in [0, 0.05) is 11.3 Å². The van der Waals surface area contributed by atoms with Crippen LogP contribution in [0.4, 0.5) is 5.69 Å². The van der Waals surface area contributed by atoms with Gasteiger partial charge in [0.25, 0.3) is 5.91 Å². The third kappa shape index (κ3) is 3.54. The first-order chi connectivity index (χ1) is 10.5. The second-order valence-electron chi connectivity index (χ2n) is 4.49. The maximum absolute atomic E-state index is 12.1. The summed E-state index contributed by atoms with van der Waals surface area (Å²) in [5, 5.41) is 2.64. The molecule has 0 saturated heterocycles.